The van der Waals surface area contributed by atoms with Crippen LogP contribution in [0.5, 0.6) is 0 Å². The van der Waals surface area contributed by atoms with E-state index in [2.05, 4.69) is 117 Å². The molecule has 0 radical (unpaired) electrons. The number of nitrogens with zero attached hydrogens (tertiary/aromatic N) is 4. The summed E-state index contributed by atoms with van der Waals surface area (Å²) in [5.41, 5.74) is 4.54. The number of halogens is 1. The molecule has 4 aromatic carbocycles. The van der Waals surface area contributed by atoms with Gasteiger partial charge in [0.25, 0.3) is 0 Å². The summed E-state index contributed by atoms with van der Waals surface area (Å²) in [6.07, 6.45) is 0.899. The number of amides is 3. The number of hydrogen-bond acceptors (Lipinski definition) is 7. The summed E-state index contributed by atoms with van der Waals surface area (Å²) in [7, 11) is -1.42. The minimum Gasteiger partial charge on any atom is -0.369 e. The van der Waals surface area contributed by atoms with E-state index in [0.717, 1.165) is 48.4 Å². The zero-order chi connectivity index (χ0) is 35.6. The summed E-state index contributed by atoms with van der Waals surface area (Å²) in [6.45, 7) is 8.11. The summed E-state index contributed by atoms with van der Waals surface area (Å²) >= 11 is 7.00. The number of nitrogens with one attached hydrogen (secondary N) is 1. The third-order valence-corrected chi connectivity index (χ3v) is 11.4. The van der Waals surface area contributed by atoms with Gasteiger partial charge >= 0.3 is 6.03 Å². The van der Waals surface area contributed by atoms with Crippen LogP contribution in [0.4, 0.5) is 10.5 Å². The van der Waals surface area contributed by atoms with Gasteiger partial charge in [-0.2, -0.15) is 0 Å². The maximum absolute atomic E-state index is 13.4. The van der Waals surface area contributed by atoms with Crippen LogP contribution in [0, 0.1) is 0 Å². The van der Waals surface area contributed by atoms with Crippen LogP contribution in [0.25, 0.3) is 0 Å². The lowest BCUT2D eigenvalue weighted by molar-refractivity contribution is -0.151. The van der Waals surface area contributed by atoms with Crippen LogP contribution in [0.15, 0.2) is 133 Å². The van der Waals surface area contributed by atoms with Gasteiger partial charge in [0, 0.05) is 51.2 Å². The highest BCUT2D eigenvalue weighted by atomic mass is 35.7. The van der Waals surface area contributed by atoms with Crippen molar-refractivity contribution in [3.8, 4) is 0 Å². The predicted octanol–water partition coefficient (Wildman–Crippen LogP) is 7.40. The van der Waals surface area contributed by atoms with Crippen molar-refractivity contribution in [2.45, 2.75) is 31.7 Å². The fourth-order valence-electron chi connectivity index (χ4n) is 7.07. The Balaban J connectivity index is 1.34. The molecular weight excluding hydrogens is 681 g/mol. The first-order chi connectivity index (χ1) is 24.9. The molecule has 6 rings (SSSR count). The van der Waals surface area contributed by atoms with Crippen LogP contribution in [0.2, 0.25) is 0 Å². The van der Waals surface area contributed by atoms with Crippen LogP contribution in [-0.4, -0.2) is 85.1 Å². The number of hydrogen-bond donors (Lipinski definition) is 1. The summed E-state index contributed by atoms with van der Waals surface area (Å²) in [5.74, 6) is 0. The molecule has 2 saturated heterocycles. The van der Waals surface area contributed by atoms with Gasteiger partial charge in [-0.3, -0.25) is 19.9 Å². The molecule has 9 nitrogen and oxygen atoms in total. The fourth-order valence-corrected chi connectivity index (χ4v) is 8.64. The molecule has 0 saturated carbocycles. The van der Waals surface area contributed by atoms with Gasteiger partial charge in [0.15, 0.2) is 6.23 Å². The van der Waals surface area contributed by atoms with Gasteiger partial charge < -0.3 is 14.2 Å². The molecule has 1 N–H and O–H groups in total. The van der Waals surface area contributed by atoms with Crippen molar-refractivity contribution in [2.24, 2.45) is 0 Å². The molecule has 11 heteroatoms. The van der Waals surface area contributed by atoms with Gasteiger partial charge in [0.2, 0.25) is 14.1 Å². The van der Waals surface area contributed by atoms with Crippen molar-refractivity contribution in [2.75, 3.05) is 50.8 Å². The van der Waals surface area contributed by atoms with Crippen molar-refractivity contribution in [3.05, 3.63) is 150 Å². The molecule has 2 aliphatic heterocycles. The molecule has 0 aromatic heterocycles. The standard InChI is InChI=1S/C40H45ClN5O4P/c1-32(2)27-46(39(48)42-31-47)38-29-44(28-37(50-38)30-49-51(41)45-25-23-43(24-26-45)36-21-13-6-14-22-36)40(33-15-7-3-8-16-33,34-17-9-4-10-18-34)35-19-11-5-12-20-35/h3-22,27,31,37-38H,23-26,28-30H2,1-2H3,(H,42,47,48). The first-order valence-corrected chi connectivity index (χ1v) is 19.4. The quantitative estimate of drug-likeness (QED) is 0.0927. The Morgan fingerprint density at radius 2 is 1.35 bits per heavy atom. The third kappa shape index (κ3) is 8.53. The minimum atomic E-state index is -1.42. The van der Waals surface area contributed by atoms with Gasteiger partial charge in [0.05, 0.1) is 18.2 Å². The number of ether oxygens (including phenoxy) is 1. The number of morpholine rings is 1. The molecule has 0 bridgehead atoms. The first kappa shape index (κ1) is 36.7. The number of para-hydroxylation sites is 1. The van der Waals surface area contributed by atoms with E-state index in [4.69, 9.17) is 20.5 Å². The lowest BCUT2D eigenvalue weighted by Crippen LogP contribution is -2.62. The van der Waals surface area contributed by atoms with Crippen molar-refractivity contribution >= 4 is 37.0 Å². The van der Waals surface area contributed by atoms with E-state index in [0.29, 0.717) is 19.5 Å². The Morgan fingerprint density at radius 1 is 0.843 bits per heavy atom. The lowest BCUT2D eigenvalue weighted by Gasteiger charge is -2.51. The second kappa shape index (κ2) is 17.4. The van der Waals surface area contributed by atoms with Crippen molar-refractivity contribution in [3.63, 3.8) is 0 Å². The second-order valence-electron chi connectivity index (χ2n) is 12.9. The van der Waals surface area contributed by atoms with Crippen LogP contribution >= 0.6 is 18.9 Å². The van der Waals surface area contributed by atoms with E-state index in [9.17, 15) is 9.59 Å². The van der Waals surface area contributed by atoms with Crippen LogP contribution in [-0.2, 0) is 19.6 Å². The molecule has 3 amide bonds. The van der Waals surface area contributed by atoms with E-state index in [1.54, 1.807) is 6.20 Å². The molecular formula is C40H45ClN5O4P. The number of imide groups is 1. The molecule has 2 heterocycles. The Labute approximate surface area is 307 Å². The number of anilines is 1. The highest BCUT2D eigenvalue weighted by Crippen LogP contribution is 2.48. The summed E-state index contributed by atoms with van der Waals surface area (Å²) in [4.78, 5) is 31.1. The number of carbonyl (C=O) groups is 2. The fraction of sp³-hybridized carbons (Fsp3) is 0.300. The number of carbonyl (C=O) groups excluding carboxylic acids is 2. The summed E-state index contributed by atoms with van der Waals surface area (Å²) < 4.78 is 15.4. The Kier molecular flexibility index (Phi) is 12.5. The molecule has 2 fully saturated rings. The topological polar surface area (TPSA) is 77.6 Å². The number of benzene rings is 4. The largest absolute Gasteiger partial charge is 0.369 e. The van der Waals surface area contributed by atoms with Crippen LogP contribution in [0.1, 0.15) is 30.5 Å². The molecule has 0 spiro atoms. The number of rotatable bonds is 12. The van der Waals surface area contributed by atoms with Crippen molar-refractivity contribution in [1.82, 2.24) is 19.8 Å². The molecule has 3 unspecified atom stereocenters. The second-order valence-corrected chi connectivity index (χ2v) is 15.0. The highest BCUT2D eigenvalue weighted by molar-refractivity contribution is 7.78. The van der Waals surface area contributed by atoms with Crippen LogP contribution < -0.4 is 10.2 Å². The smallest absolute Gasteiger partial charge is 0.330 e. The zero-order valence-electron chi connectivity index (χ0n) is 29.1. The molecule has 0 aliphatic carbocycles. The average molecular weight is 726 g/mol. The molecule has 2 aliphatic rings. The third-order valence-electron chi connectivity index (χ3n) is 9.29. The highest BCUT2D eigenvalue weighted by Gasteiger charge is 2.47. The van der Waals surface area contributed by atoms with Crippen molar-refractivity contribution < 1.29 is 18.8 Å². The van der Waals surface area contributed by atoms with Gasteiger partial charge in [0.1, 0.15) is 0 Å². The van der Waals surface area contributed by atoms with Crippen LogP contribution in [0.3, 0.4) is 0 Å². The van der Waals surface area contributed by atoms with Gasteiger partial charge in [-0.05, 0) is 53.9 Å². The monoisotopic (exact) mass is 725 g/mol. The Morgan fingerprint density at radius 3 is 1.84 bits per heavy atom. The first-order valence-electron chi connectivity index (χ1n) is 17.3. The van der Waals surface area contributed by atoms with Gasteiger partial charge in [-0.15, -0.1) is 0 Å². The Bertz CT molecular complexity index is 1630. The summed E-state index contributed by atoms with van der Waals surface area (Å²) in [5, 5.41) is 2.32. The van der Waals surface area contributed by atoms with Crippen molar-refractivity contribution in [1.29, 1.82) is 0 Å². The Hall–Kier alpha value is -4.08. The SMILES string of the molecule is CC(C)=CN(C(=O)NC=O)C1CN(C(c2ccccc2)(c2ccccc2)c2ccccc2)CC(COP(Cl)N2CCN(c3ccccc3)CC2)O1. The van der Waals surface area contributed by atoms with E-state index in [-0.39, 0.29) is 6.61 Å². The average Bonchev–Trinajstić information content (AvgIpc) is 3.18. The molecule has 266 valence electrons. The van der Waals surface area contributed by atoms with E-state index < -0.39 is 31.6 Å². The lowest BCUT2D eigenvalue weighted by atomic mass is 9.75. The summed E-state index contributed by atoms with van der Waals surface area (Å²) in [6, 6.07) is 41.1. The minimum absolute atomic E-state index is 0.216. The molecule has 4 aromatic rings. The van der Waals surface area contributed by atoms with E-state index in [1.165, 1.54) is 10.6 Å². The maximum atomic E-state index is 13.4. The predicted molar refractivity (Wildman–Crippen MR) is 204 cm³/mol. The van der Waals surface area contributed by atoms with Gasteiger partial charge in [-0.1, -0.05) is 115 Å². The number of piperazine rings is 1. The maximum Gasteiger partial charge on any atom is 0.330 e. The molecule has 51 heavy (non-hydrogen) atoms. The normalized spacial score (nSPS) is 19.2. The van der Waals surface area contributed by atoms with Gasteiger partial charge in [-0.25, -0.2) is 9.46 Å². The molecule has 3 atom stereocenters. The zero-order valence-corrected chi connectivity index (χ0v) is 30.7. The van der Waals surface area contributed by atoms with E-state index in [1.807, 2.05) is 38.1 Å². The van der Waals surface area contributed by atoms with E-state index >= 15 is 0 Å². The number of urea groups is 1. The number of allylic oxidation sites excluding steroid dienone is 1.